The molecule has 0 saturated carbocycles. The molecule has 0 fully saturated rings. The normalized spacial score (nSPS) is 13.1. The Morgan fingerprint density at radius 3 is 2.08 bits per heavy atom. The van der Waals surface area contributed by atoms with Crippen molar-refractivity contribution in [2.75, 3.05) is 6.54 Å². The fraction of sp³-hybridized carbons (Fsp3) is 0.857. The standard InChI is InChI=1S/C7H13F2NO2/c1-6(2,3)10-4-7(8,9)5(11)12/h10H,4H2,1-3H3,(H,11,12). The highest BCUT2D eigenvalue weighted by Gasteiger charge is 2.39. The van der Waals surface area contributed by atoms with Gasteiger partial charge in [-0.1, -0.05) is 0 Å². The molecule has 3 nitrogen and oxygen atoms in total. The van der Waals surface area contributed by atoms with Gasteiger partial charge in [0.05, 0.1) is 6.54 Å². The second-order valence-electron chi connectivity index (χ2n) is 3.61. The predicted octanol–water partition coefficient (Wildman–Crippen LogP) is 1.09. The number of aliphatic carboxylic acids is 1. The van der Waals surface area contributed by atoms with Gasteiger partial charge >= 0.3 is 11.9 Å². The molecule has 0 aromatic heterocycles. The smallest absolute Gasteiger partial charge is 0.375 e. The molecule has 0 heterocycles. The van der Waals surface area contributed by atoms with Crippen molar-refractivity contribution in [3.8, 4) is 0 Å². The zero-order chi connectivity index (χ0) is 9.99. The Kier molecular flexibility index (Phi) is 3.15. The van der Waals surface area contributed by atoms with Gasteiger partial charge in [-0.15, -0.1) is 0 Å². The van der Waals surface area contributed by atoms with Gasteiger partial charge in [-0.2, -0.15) is 8.78 Å². The lowest BCUT2D eigenvalue weighted by Crippen LogP contribution is -2.47. The molecule has 0 radical (unpaired) electrons. The van der Waals surface area contributed by atoms with Crippen LogP contribution in [0, 0.1) is 0 Å². The summed E-state index contributed by atoms with van der Waals surface area (Å²) in [5.41, 5.74) is -0.501. The summed E-state index contributed by atoms with van der Waals surface area (Å²) < 4.78 is 24.8. The van der Waals surface area contributed by atoms with Gasteiger partial charge < -0.3 is 10.4 Å². The average Bonchev–Trinajstić information content (AvgIpc) is 1.82. The lowest BCUT2D eigenvalue weighted by Gasteiger charge is -2.22. The molecule has 5 heteroatoms. The maximum absolute atomic E-state index is 12.4. The highest BCUT2D eigenvalue weighted by molar-refractivity contribution is 5.75. The van der Waals surface area contributed by atoms with E-state index in [0.717, 1.165) is 0 Å². The van der Waals surface area contributed by atoms with Gasteiger partial charge in [0.15, 0.2) is 0 Å². The SMILES string of the molecule is CC(C)(C)NCC(F)(F)C(=O)O. The van der Waals surface area contributed by atoms with Crippen molar-refractivity contribution < 1.29 is 18.7 Å². The summed E-state index contributed by atoms with van der Waals surface area (Å²) in [6.45, 7) is 4.21. The average molecular weight is 181 g/mol. The first-order valence-electron chi connectivity index (χ1n) is 3.51. The Balaban J connectivity index is 4.01. The molecule has 0 saturated heterocycles. The van der Waals surface area contributed by atoms with Crippen LogP contribution in [-0.2, 0) is 4.79 Å². The highest BCUT2D eigenvalue weighted by atomic mass is 19.3. The van der Waals surface area contributed by atoms with Crippen molar-refractivity contribution in [3.05, 3.63) is 0 Å². The summed E-state index contributed by atoms with van der Waals surface area (Å²) in [5, 5.41) is 10.5. The van der Waals surface area contributed by atoms with Crippen molar-refractivity contribution in [2.45, 2.75) is 32.2 Å². The second kappa shape index (κ2) is 3.35. The lowest BCUT2D eigenvalue weighted by atomic mass is 10.1. The molecule has 2 N–H and O–H groups in total. The molecule has 12 heavy (non-hydrogen) atoms. The van der Waals surface area contributed by atoms with E-state index in [1.807, 2.05) is 0 Å². The van der Waals surface area contributed by atoms with Gasteiger partial charge in [0.25, 0.3) is 0 Å². The summed E-state index contributed by atoms with van der Waals surface area (Å²) in [6.07, 6.45) is 0. The van der Waals surface area contributed by atoms with E-state index in [1.165, 1.54) is 0 Å². The van der Waals surface area contributed by atoms with Crippen LogP contribution < -0.4 is 5.32 Å². The minimum absolute atomic E-state index is 0.501. The lowest BCUT2D eigenvalue weighted by molar-refractivity contribution is -0.164. The summed E-state index contributed by atoms with van der Waals surface area (Å²) in [4.78, 5) is 9.95. The van der Waals surface area contributed by atoms with E-state index in [9.17, 15) is 13.6 Å². The molecule has 0 spiro atoms. The van der Waals surface area contributed by atoms with Crippen LogP contribution in [0.15, 0.2) is 0 Å². The van der Waals surface area contributed by atoms with Crippen LogP contribution in [-0.4, -0.2) is 29.1 Å². The zero-order valence-electron chi connectivity index (χ0n) is 7.32. The molecule has 0 atom stereocenters. The van der Waals surface area contributed by atoms with E-state index >= 15 is 0 Å². The molecule has 72 valence electrons. The van der Waals surface area contributed by atoms with Gasteiger partial charge in [0.1, 0.15) is 0 Å². The van der Waals surface area contributed by atoms with E-state index in [2.05, 4.69) is 5.32 Å². The van der Waals surface area contributed by atoms with Crippen LogP contribution >= 0.6 is 0 Å². The van der Waals surface area contributed by atoms with Gasteiger partial charge in [-0.05, 0) is 20.8 Å². The molecule has 0 aliphatic rings. The minimum atomic E-state index is -3.69. The number of hydrogen-bond donors (Lipinski definition) is 2. The first-order valence-corrected chi connectivity index (χ1v) is 3.51. The maximum Gasteiger partial charge on any atom is 0.375 e. The van der Waals surface area contributed by atoms with Crippen LogP contribution in [0.25, 0.3) is 0 Å². The zero-order valence-corrected chi connectivity index (χ0v) is 7.32. The van der Waals surface area contributed by atoms with Crippen molar-refractivity contribution in [1.82, 2.24) is 5.32 Å². The van der Waals surface area contributed by atoms with E-state index in [1.54, 1.807) is 20.8 Å². The van der Waals surface area contributed by atoms with Crippen LogP contribution in [0.2, 0.25) is 0 Å². The molecular formula is C7H13F2NO2. The summed E-state index contributed by atoms with van der Waals surface area (Å²) in [7, 11) is 0. The van der Waals surface area contributed by atoms with E-state index < -0.39 is 24.0 Å². The largest absolute Gasteiger partial charge is 0.477 e. The number of carbonyl (C=O) groups is 1. The maximum atomic E-state index is 12.4. The molecule has 0 bridgehead atoms. The van der Waals surface area contributed by atoms with Crippen LogP contribution in [0.4, 0.5) is 8.78 Å². The van der Waals surface area contributed by atoms with Crippen LogP contribution in [0.3, 0.4) is 0 Å². The number of hydrogen-bond acceptors (Lipinski definition) is 2. The van der Waals surface area contributed by atoms with E-state index in [4.69, 9.17) is 5.11 Å². The first kappa shape index (κ1) is 11.3. The predicted molar refractivity (Wildman–Crippen MR) is 40.3 cm³/mol. The number of nitrogens with one attached hydrogen (secondary N) is 1. The van der Waals surface area contributed by atoms with Gasteiger partial charge in [-0.25, -0.2) is 4.79 Å². The third-order valence-electron chi connectivity index (χ3n) is 1.15. The molecule has 0 rings (SSSR count). The fourth-order valence-corrected chi connectivity index (χ4v) is 0.452. The number of carboxylic acids is 1. The van der Waals surface area contributed by atoms with Crippen molar-refractivity contribution in [2.24, 2.45) is 0 Å². The number of carboxylic acid groups (broad SMARTS) is 1. The molecule has 0 aromatic rings. The number of rotatable bonds is 3. The van der Waals surface area contributed by atoms with Gasteiger partial charge in [0, 0.05) is 5.54 Å². The Labute approximate surface area is 69.8 Å². The van der Waals surface area contributed by atoms with Crippen LogP contribution in [0.5, 0.6) is 0 Å². The third-order valence-corrected chi connectivity index (χ3v) is 1.15. The van der Waals surface area contributed by atoms with Gasteiger partial charge in [0.2, 0.25) is 0 Å². The Hall–Kier alpha value is -0.710. The topological polar surface area (TPSA) is 49.3 Å². The van der Waals surface area contributed by atoms with Crippen molar-refractivity contribution in [3.63, 3.8) is 0 Å². The van der Waals surface area contributed by atoms with Crippen LogP contribution in [0.1, 0.15) is 20.8 Å². The fourth-order valence-electron chi connectivity index (χ4n) is 0.452. The molecule has 0 unspecified atom stereocenters. The minimum Gasteiger partial charge on any atom is -0.477 e. The molecule has 0 aliphatic carbocycles. The summed E-state index contributed by atoms with van der Waals surface area (Å²) >= 11 is 0. The Morgan fingerprint density at radius 1 is 1.42 bits per heavy atom. The molecular weight excluding hydrogens is 168 g/mol. The van der Waals surface area contributed by atoms with Crippen molar-refractivity contribution in [1.29, 1.82) is 0 Å². The monoisotopic (exact) mass is 181 g/mol. The summed E-state index contributed by atoms with van der Waals surface area (Å²) in [6, 6.07) is 0. The quantitative estimate of drug-likeness (QED) is 0.685. The molecule has 0 amide bonds. The molecule has 0 aromatic carbocycles. The number of halogens is 2. The second-order valence-corrected chi connectivity index (χ2v) is 3.61. The Bertz CT molecular complexity index is 175. The first-order chi connectivity index (χ1) is 5.15. The van der Waals surface area contributed by atoms with Gasteiger partial charge in [-0.3, -0.25) is 0 Å². The summed E-state index contributed by atoms with van der Waals surface area (Å²) in [5.74, 6) is -5.79. The van der Waals surface area contributed by atoms with E-state index in [0.29, 0.717) is 0 Å². The third kappa shape index (κ3) is 4.23. The van der Waals surface area contributed by atoms with Crippen molar-refractivity contribution >= 4 is 5.97 Å². The Morgan fingerprint density at radius 2 is 1.83 bits per heavy atom. The molecule has 0 aliphatic heterocycles. The highest BCUT2D eigenvalue weighted by Crippen LogP contribution is 2.13. The van der Waals surface area contributed by atoms with E-state index in [-0.39, 0.29) is 0 Å². The number of alkyl halides is 2.